The first kappa shape index (κ1) is 12.3. The molecule has 2 rings (SSSR count). The van der Waals surface area contributed by atoms with Crippen LogP contribution < -0.4 is 5.32 Å². The molecule has 0 unspecified atom stereocenters. The van der Waals surface area contributed by atoms with Gasteiger partial charge >= 0.3 is 0 Å². The molecule has 0 saturated carbocycles. The van der Waals surface area contributed by atoms with Gasteiger partial charge in [0.2, 0.25) is 0 Å². The molecule has 3 atom stereocenters. The molecule has 0 amide bonds. The van der Waals surface area contributed by atoms with Crippen LogP contribution in [0.15, 0.2) is 24.3 Å². The Labute approximate surface area is 105 Å². The SMILES string of the molecule is C[C@H](N[C@@H]1C=C[C@H](CO)C1)c1ccc(C#N)s1. The Morgan fingerprint density at radius 1 is 1.59 bits per heavy atom. The van der Waals surface area contributed by atoms with Gasteiger partial charge in [0.15, 0.2) is 0 Å². The highest BCUT2D eigenvalue weighted by atomic mass is 32.1. The summed E-state index contributed by atoms with van der Waals surface area (Å²) < 4.78 is 0. The lowest BCUT2D eigenvalue weighted by Crippen LogP contribution is -2.28. The number of thiophene rings is 1. The molecule has 1 aliphatic rings. The fourth-order valence-electron chi connectivity index (χ4n) is 2.08. The first-order valence-corrected chi connectivity index (χ1v) is 6.59. The van der Waals surface area contributed by atoms with E-state index in [0.29, 0.717) is 6.04 Å². The summed E-state index contributed by atoms with van der Waals surface area (Å²) in [7, 11) is 0. The molecular weight excluding hydrogens is 232 g/mol. The van der Waals surface area contributed by atoms with E-state index in [1.54, 1.807) is 0 Å². The lowest BCUT2D eigenvalue weighted by atomic mass is 10.1. The third-order valence-electron chi connectivity index (χ3n) is 3.03. The average Bonchev–Trinajstić information content (AvgIpc) is 2.96. The van der Waals surface area contributed by atoms with Gasteiger partial charge in [0.05, 0.1) is 0 Å². The molecule has 0 bridgehead atoms. The number of nitrogens with one attached hydrogen (secondary N) is 1. The molecule has 0 fully saturated rings. The topological polar surface area (TPSA) is 56.0 Å². The Morgan fingerprint density at radius 3 is 3.00 bits per heavy atom. The molecule has 0 saturated heterocycles. The number of aliphatic hydroxyl groups is 1. The third kappa shape index (κ3) is 2.95. The largest absolute Gasteiger partial charge is 0.396 e. The van der Waals surface area contributed by atoms with Gasteiger partial charge in [0, 0.05) is 29.5 Å². The van der Waals surface area contributed by atoms with Crippen LogP contribution in [0.2, 0.25) is 0 Å². The van der Waals surface area contributed by atoms with Gasteiger partial charge in [-0.25, -0.2) is 0 Å². The Balaban J connectivity index is 1.92. The molecule has 1 aromatic rings. The lowest BCUT2D eigenvalue weighted by Gasteiger charge is -2.18. The van der Waals surface area contributed by atoms with Crippen LogP contribution >= 0.6 is 11.3 Å². The van der Waals surface area contributed by atoms with Gasteiger partial charge in [-0.1, -0.05) is 12.2 Å². The van der Waals surface area contributed by atoms with E-state index in [4.69, 9.17) is 10.4 Å². The fourth-order valence-corrected chi connectivity index (χ4v) is 2.90. The van der Waals surface area contributed by atoms with Gasteiger partial charge in [-0.15, -0.1) is 11.3 Å². The molecule has 90 valence electrons. The van der Waals surface area contributed by atoms with Crippen molar-refractivity contribution in [3.8, 4) is 6.07 Å². The molecule has 2 N–H and O–H groups in total. The number of nitriles is 1. The normalized spacial score (nSPS) is 24.8. The van der Waals surface area contributed by atoms with E-state index < -0.39 is 0 Å². The van der Waals surface area contributed by atoms with E-state index in [2.05, 4.69) is 30.5 Å². The highest BCUT2D eigenvalue weighted by Gasteiger charge is 2.20. The number of hydrogen-bond donors (Lipinski definition) is 2. The van der Waals surface area contributed by atoms with Crippen LogP contribution in [-0.4, -0.2) is 17.8 Å². The minimum absolute atomic E-state index is 0.223. The van der Waals surface area contributed by atoms with Crippen molar-refractivity contribution in [3.63, 3.8) is 0 Å². The Kier molecular flexibility index (Phi) is 3.95. The van der Waals surface area contributed by atoms with Crippen LogP contribution in [0.25, 0.3) is 0 Å². The van der Waals surface area contributed by atoms with E-state index in [1.165, 1.54) is 16.2 Å². The van der Waals surface area contributed by atoms with Gasteiger partial charge in [-0.3, -0.25) is 0 Å². The van der Waals surface area contributed by atoms with Gasteiger partial charge in [-0.05, 0) is 25.5 Å². The highest BCUT2D eigenvalue weighted by molar-refractivity contribution is 7.12. The molecular formula is C13H16N2OS. The van der Waals surface area contributed by atoms with Crippen molar-refractivity contribution in [1.29, 1.82) is 5.26 Å². The zero-order chi connectivity index (χ0) is 12.3. The molecule has 0 radical (unpaired) electrons. The second-order valence-corrected chi connectivity index (χ2v) is 5.49. The first-order chi connectivity index (χ1) is 8.22. The Morgan fingerprint density at radius 2 is 2.41 bits per heavy atom. The van der Waals surface area contributed by atoms with E-state index in [9.17, 15) is 0 Å². The maximum atomic E-state index is 9.06. The summed E-state index contributed by atoms with van der Waals surface area (Å²) in [5, 5.41) is 21.3. The van der Waals surface area contributed by atoms with Crippen molar-refractivity contribution >= 4 is 11.3 Å². The lowest BCUT2D eigenvalue weighted by molar-refractivity contribution is 0.245. The number of aliphatic hydroxyl groups excluding tert-OH is 1. The van der Waals surface area contributed by atoms with Crippen LogP contribution in [0.1, 0.15) is 29.1 Å². The predicted molar refractivity (Wildman–Crippen MR) is 68.7 cm³/mol. The molecule has 17 heavy (non-hydrogen) atoms. The Bertz CT molecular complexity index is 447. The van der Waals surface area contributed by atoms with Crippen molar-refractivity contribution in [3.05, 3.63) is 34.0 Å². The molecule has 0 aliphatic heterocycles. The minimum Gasteiger partial charge on any atom is -0.396 e. The molecule has 4 heteroatoms. The summed E-state index contributed by atoms with van der Waals surface area (Å²) in [6, 6.07) is 6.59. The second-order valence-electron chi connectivity index (χ2n) is 4.37. The van der Waals surface area contributed by atoms with Crippen molar-refractivity contribution < 1.29 is 5.11 Å². The smallest absolute Gasteiger partial charge is 0.110 e. The van der Waals surface area contributed by atoms with Gasteiger partial charge < -0.3 is 10.4 Å². The molecule has 3 nitrogen and oxygen atoms in total. The van der Waals surface area contributed by atoms with Crippen LogP contribution in [0.4, 0.5) is 0 Å². The summed E-state index contributed by atoms with van der Waals surface area (Å²) in [5.41, 5.74) is 0. The molecule has 0 aromatic carbocycles. The van der Waals surface area contributed by atoms with Gasteiger partial charge in [0.25, 0.3) is 0 Å². The quantitative estimate of drug-likeness (QED) is 0.803. The summed E-state index contributed by atoms with van der Waals surface area (Å²) >= 11 is 1.53. The summed E-state index contributed by atoms with van der Waals surface area (Å²) in [4.78, 5) is 1.94. The number of nitrogens with zero attached hydrogens (tertiary/aromatic N) is 1. The fraction of sp³-hybridized carbons (Fsp3) is 0.462. The van der Waals surface area contributed by atoms with E-state index in [-0.39, 0.29) is 18.6 Å². The standard InChI is InChI=1S/C13H16N2OS/c1-9(13-5-4-12(7-14)17-13)15-11-3-2-10(6-11)8-16/h2-5,9-11,15-16H,6,8H2,1H3/t9-,10-,11+/m0/s1. The highest BCUT2D eigenvalue weighted by Crippen LogP contribution is 2.25. The zero-order valence-electron chi connectivity index (χ0n) is 9.76. The summed E-state index contributed by atoms with van der Waals surface area (Å²) in [5.74, 6) is 0.290. The van der Waals surface area contributed by atoms with Crippen LogP contribution in [-0.2, 0) is 0 Å². The molecule has 1 heterocycles. The summed E-state index contributed by atoms with van der Waals surface area (Å²) in [6.07, 6.45) is 5.15. The molecule has 1 aliphatic carbocycles. The zero-order valence-corrected chi connectivity index (χ0v) is 10.6. The Hall–Kier alpha value is -1.15. The number of hydrogen-bond acceptors (Lipinski definition) is 4. The molecule has 0 spiro atoms. The average molecular weight is 248 g/mol. The maximum absolute atomic E-state index is 9.06. The monoisotopic (exact) mass is 248 g/mol. The van der Waals surface area contributed by atoms with Crippen LogP contribution in [0.3, 0.4) is 0 Å². The first-order valence-electron chi connectivity index (χ1n) is 5.78. The molecule has 1 aromatic heterocycles. The van der Waals surface area contributed by atoms with E-state index in [1.807, 2.05) is 12.1 Å². The van der Waals surface area contributed by atoms with Crippen molar-refractivity contribution in [1.82, 2.24) is 5.32 Å². The van der Waals surface area contributed by atoms with E-state index >= 15 is 0 Å². The van der Waals surface area contributed by atoms with Gasteiger partial charge in [0.1, 0.15) is 10.9 Å². The van der Waals surface area contributed by atoms with Crippen LogP contribution in [0, 0.1) is 17.2 Å². The van der Waals surface area contributed by atoms with Crippen molar-refractivity contribution in [2.24, 2.45) is 5.92 Å². The third-order valence-corrected chi connectivity index (χ3v) is 4.21. The van der Waals surface area contributed by atoms with Crippen molar-refractivity contribution in [2.45, 2.75) is 25.4 Å². The second kappa shape index (κ2) is 5.46. The maximum Gasteiger partial charge on any atom is 0.110 e. The summed E-state index contributed by atoms with van der Waals surface area (Å²) in [6.45, 7) is 2.33. The van der Waals surface area contributed by atoms with E-state index in [0.717, 1.165) is 11.3 Å². The predicted octanol–water partition coefficient (Wildman–Crippen LogP) is 2.21. The number of rotatable bonds is 4. The minimum atomic E-state index is 0.223. The van der Waals surface area contributed by atoms with Crippen molar-refractivity contribution in [2.75, 3.05) is 6.61 Å². The van der Waals surface area contributed by atoms with Gasteiger partial charge in [-0.2, -0.15) is 5.26 Å². The van der Waals surface area contributed by atoms with Crippen LogP contribution in [0.5, 0.6) is 0 Å².